The monoisotopic (exact) mass is 531 g/mol. The zero-order chi connectivity index (χ0) is 27.2. The molecule has 2 nitrogen and oxygen atoms in total. The van der Waals surface area contributed by atoms with E-state index < -0.39 is 0 Å². The summed E-state index contributed by atoms with van der Waals surface area (Å²) in [6.07, 6.45) is 36.0. The predicted octanol–water partition coefficient (Wildman–Crippen LogP) is 12.6. The van der Waals surface area contributed by atoms with Gasteiger partial charge in [-0.15, -0.1) is 0 Å². The molecule has 1 aromatic carbocycles. The summed E-state index contributed by atoms with van der Waals surface area (Å²) in [5, 5.41) is 0. The molecule has 1 rings (SSSR count). The van der Waals surface area contributed by atoms with Crippen molar-refractivity contribution in [1.82, 2.24) is 0 Å². The first-order valence-electron chi connectivity index (χ1n) is 17.2. The molecule has 0 saturated carbocycles. The number of unbranched alkanes of at least 4 members (excludes halogenated alkanes) is 24. The summed E-state index contributed by atoms with van der Waals surface area (Å²) in [6, 6.07) is 8.23. The number of ether oxygens (including phenoxy) is 2. The Bertz CT molecular complexity index is 537. The van der Waals surface area contributed by atoms with Gasteiger partial charge in [0.25, 0.3) is 0 Å². The minimum Gasteiger partial charge on any atom is -0.493 e. The molecule has 0 aromatic heterocycles. The molecule has 2 heteroatoms. The normalized spacial score (nSPS) is 11.2. The SMILES string of the molecule is CCCCCCCCCCCCCCCOc1cccc(OCCCCCCCCCCCCCCC)c1. The molecule has 0 heterocycles. The van der Waals surface area contributed by atoms with E-state index in [1.165, 1.54) is 154 Å². The smallest absolute Gasteiger partial charge is 0.122 e. The van der Waals surface area contributed by atoms with Crippen molar-refractivity contribution in [2.24, 2.45) is 0 Å². The first kappa shape index (κ1) is 34.8. The van der Waals surface area contributed by atoms with Crippen molar-refractivity contribution in [2.75, 3.05) is 13.2 Å². The van der Waals surface area contributed by atoms with Crippen LogP contribution in [0, 0.1) is 0 Å². The van der Waals surface area contributed by atoms with Crippen LogP contribution in [0.4, 0.5) is 0 Å². The lowest BCUT2D eigenvalue weighted by molar-refractivity contribution is 0.289. The zero-order valence-corrected chi connectivity index (χ0v) is 25.9. The van der Waals surface area contributed by atoms with Gasteiger partial charge >= 0.3 is 0 Å². The van der Waals surface area contributed by atoms with Crippen LogP contribution in [0.25, 0.3) is 0 Å². The molecule has 0 unspecified atom stereocenters. The minimum absolute atomic E-state index is 0.820. The Morgan fingerprint density at radius 2 is 0.632 bits per heavy atom. The Labute approximate surface area is 239 Å². The Morgan fingerprint density at radius 1 is 0.368 bits per heavy atom. The van der Waals surface area contributed by atoms with Gasteiger partial charge in [0, 0.05) is 6.07 Å². The highest BCUT2D eigenvalue weighted by molar-refractivity contribution is 5.32. The highest BCUT2D eigenvalue weighted by Crippen LogP contribution is 2.21. The zero-order valence-electron chi connectivity index (χ0n) is 25.9. The molecule has 38 heavy (non-hydrogen) atoms. The van der Waals surface area contributed by atoms with Gasteiger partial charge in [0.2, 0.25) is 0 Å². The fourth-order valence-corrected chi connectivity index (χ4v) is 5.27. The van der Waals surface area contributed by atoms with Gasteiger partial charge in [0.1, 0.15) is 11.5 Å². The second-order valence-electron chi connectivity index (χ2n) is 11.7. The fraction of sp³-hybridized carbons (Fsp3) is 0.833. The van der Waals surface area contributed by atoms with E-state index in [1.807, 2.05) is 0 Å². The summed E-state index contributed by atoms with van der Waals surface area (Å²) in [5.41, 5.74) is 0. The molecule has 0 aliphatic rings. The van der Waals surface area contributed by atoms with Crippen LogP contribution in [0.15, 0.2) is 24.3 Å². The van der Waals surface area contributed by atoms with Crippen LogP contribution >= 0.6 is 0 Å². The van der Waals surface area contributed by atoms with Gasteiger partial charge in [-0.1, -0.05) is 174 Å². The number of benzene rings is 1. The second-order valence-corrected chi connectivity index (χ2v) is 11.7. The van der Waals surface area contributed by atoms with E-state index in [4.69, 9.17) is 9.47 Å². The number of hydrogen-bond acceptors (Lipinski definition) is 2. The molecule has 0 spiro atoms. The first-order valence-corrected chi connectivity index (χ1v) is 17.2. The molecule has 0 atom stereocenters. The molecule has 0 fully saturated rings. The van der Waals surface area contributed by atoms with Crippen molar-refractivity contribution in [3.05, 3.63) is 24.3 Å². The van der Waals surface area contributed by atoms with E-state index in [0.717, 1.165) is 37.6 Å². The van der Waals surface area contributed by atoms with Crippen molar-refractivity contribution in [2.45, 2.75) is 181 Å². The summed E-state index contributed by atoms with van der Waals surface area (Å²) in [6.45, 7) is 6.22. The highest BCUT2D eigenvalue weighted by Gasteiger charge is 2.00. The van der Waals surface area contributed by atoms with Crippen molar-refractivity contribution in [3.8, 4) is 11.5 Å². The van der Waals surface area contributed by atoms with Crippen LogP contribution in [0.5, 0.6) is 11.5 Å². The summed E-state index contributed by atoms with van der Waals surface area (Å²) in [7, 11) is 0. The number of rotatable bonds is 30. The van der Waals surface area contributed by atoms with Crippen LogP contribution in [0.2, 0.25) is 0 Å². The van der Waals surface area contributed by atoms with E-state index in [0.29, 0.717) is 0 Å². The topological polar surface area (TPSA) is 18.5 Å². The van der Waals surface area contributed by atoms with E-state index in [1.54, 1.807) is 0 Å². The molecule has 0 N–H and O–H groups in total. The van der Waals surface area contributed by atoms with Crippen molar-refractivity contribution in [1.29, 1.82) is 0 Å². The molecule has 0 radical (unpaired) electrons. The lowest BCUT2D eigenvalue weighted by Gasteiger charge is -2.10. The predicted molar refractivity (Wildman–Crippen MR) is 169 cm³/mol. The van der Waals surface area contributed by atoms with Crippen molar-refractivity contribution < 1.29 is 9.47 Å². The summed E-state index contributed by atoms with van der Waals surface area (Å²) >= 11 is 0. The molecule has 0 aliphatic carbocycles. The molecule has 0 aliphatic heterocycles. The van der Waals surface area contributed by atoms with E-state index in [2.05, 4.69) is 38.1 Å². The van der Waals surface area contributed by atoms with Crippen LogP contribution in [0.1, 0.15) is 181 Å². The number of hydrogen-bond donors (Lipinski definition) is 0. The maximum absolute atomic E-state index is 5.99. The van der Waals surface area contributed by atoms with Crippen LogP contribution in [0.3, 0.4) is 0 Å². The largest absolute Gasteiger partial charge is 0.493 e. The van der Waals surface area contributed by atoms with Crippen LogP contribution in [-0.2, 0) is 0 Å². The average molecular weight is 531 g/mol. The van der Waals surface area contributed by atoms with E-state index in [-0.39, 0.29) is 0 Å². The van der Waals surface area contributed by atoms with E-state index >= 15 is 0 Å². The molecule has 1 aromatic rings. The highest BCUT2D eigenvalue weighted by atomic mass is 16.5. The molecule has 0 amide bonds. The molecule has 0 saturated heterocycles. The lowest BCUT2D eigenvalue weighted by Crippen LogP contribution is -2.00. The van der Waals surface area contributed by atoms with Gasteiger partial charge in [-0.25, -0.2) is 0 Å². The summed E-state index contributed by atoms with van der Waals surface area (Å²) in [4.78, 5) is 0. The Balaban J connectivity index is 1.88. The van der Waals surface area contributed by atoms with Crippen LogP contribution < -0.4 is 9.47 Å². The van der Waals surface area contributed by atoms with Crippen molar-refractivity contribution in [3.63, 3.8) is 0 Å². The Morgan fingerprint density at radius 3 is 0.921 bits per heavy atom. The molecular weight excluding hydrogens is 464 g/mol. The third kappa shape index (κ3) is 23.9. The van der Waals surface area contributed by atoms with Crippen LogP contribution in [-0.4, -0.2) is 13.2 Å². The van der Waals surface area contributed by atoms with Gasteiger partial charge in [0.15, 0.2) is 0 Å². The lowest BCUT2D eigenvalue weighted by atomic mass is 10.0. The minimum atomic E-state index is 0.820. The third-order valence-electron chi connectivity index (χ3n) is 7.84. The molecule has 0 bridgehead atoms. The quantitative estimate of drug-likeness (QED) is 0.0921. The van der Waals surface area contributed by atoms with Crippen molar-refractivity contribution >= 4 is 0 Å². The summed E-state index contributed by atoms with van der Waals surface area (Å²) < 4.78 is 12.0. The Kier molecular flexibility index (Phi) is 26.4. The summed E-state index contributed by atoms with van der Waals surface area (Å²) in [5.74, 6) is 1.90. The van der Waals surface area contributed by atoms with Gasteiger partial charge in [-0.3, -0.25) is 0 Å². The van der Waals surface area contributed by atoms with E-state index in [9.17, 15) is 0 Å². The van der Waals surface area contributed by atoms with Gasteiger partial charge in [-0.2, -0.15) is 0 Å². The van der Waals surface area contributed by atoms with Gasteiger partial charge < -0.3 is 9.47 Å². The second kappa shape index (κ2) is 28.8. The maximum Gasteiger partial charge on any atom is 0.122 e. The third-order valence-corrected chi connectivity index (χ3v) is 7.84. The molecule has 222 valence electrons. The molecular formula is C36H66O2. The first-order chi connectivity index (χ1) is 18.9. The van der Waals surface area contributed by atoms with Gasteiger partial charge in [-0.05, 0) is 25.0 Å². The average Bonchev–Trinajstić information content (AvgIpc) is 2.93. The Hall–Kier alpha value is -1.18. The maximum atomic E-state index is 5.99. The standard InChI is InChI=1S/C36H66O2/c1-3-5-7-9-11-13-15-17-19-21-23-25-27-32-37-35-30-29-31-36(34-35)38-33-28-26-24-22-20-18-16-14-12-10-8-6-4-2/h29-31,34H,3-28,32-33H2,1-2H3. The fourth-order valence-electron chi connectivity index (χ4n) is 5.27. The van der Waals surface area contributed by atoms with Gasteiger partial charge in [0.05, 0.1) is 13.2 Å².